The second-order valence-electron chi connectivity index (χ2n) is 19.4. The van der Waals surface area contributed by atoms with Gasteiger partial charge in [-0.15, -0.1) is 0 Å². The fraction of sp³-hybridized carbons (Fsp3) is 0. The Morgan fingerprint density at radius 2 is 0.729 bits per heavy atom. The molecule has 12 aromatic carbocycles. The minimum absolute atomic E-state index is 0.00787. The predicted octanol–water partition coefficient (Wildman–Crippen LogP) is 13.0. The van der Waals surface area contributed by atoms with Gasteiger partial charge in [0.25, 0.3) is 0 Å². The van der Waals surface area contributed by atoms with Crippen molar-refractivity contribution in [3.63, 3.8) is 0 Å². The molecule has 4 heteroatoms. The van der Waals surface area contributed by atoms with Gasteiger partial charge in [0.1, 0.15) is 0 Å². The maximum atomic E-state index is 2.56. The molecule has 4 aliphatic rings. The molecular formula is C66H40B2N2. The first-order valence-electron chi connectivity index (χ1n) is 24.6. The highest BCUT2D eigenvalue weighted by Gasteiger charge is 2.50. The highest BCUT2D eigenvalue weighted by Crippen LogP contribution is 2.53. The van der Waals surface area contributed by atoms with E-state index in [0.717, 1.165) is 11.4 Å². The van der Waals surface area contributed by atoms with E-state index in [0.29, 0.717) is 0 Å². The zero-order chi connectivity index (χ0) is 45.6. The highest BCUT2D eigenvalue weighted by atomic mass is 15.2. The van der Waals surface area contributed by atoms with E-state index in [1.54, 1.807) is 0 Å². The summed E-state index contributed by atoms with van der Waals surface area (Å²) in [5.41, 5.74) is 25.7. The van der Waals surface area contributed by atoms with Gasteiger partial charge in [-0.05, 0) is 159 Å². The molecule has 0 fully saturated rings. The standard InChI is InChI=1S/C66H40B2N2/c1-5-20-41(21-6-1)44-36-45(42-22-7-2-8-23-42)38-46(37-44)59-50-30-19-33-53-60(50)63-62-54(39-43-24-13-14-29-49(43)61(59)62)68-52-32-16-18-35-56(52)70(48-27-11-4-12-28-48)58-40-57-65(64(63)66(58)68)67(53)51-31-15-17-34-55(51)69(57)47-25-9-3-10-26-47/h1-40H. The molecule has 0 amide bonds. The van der Waals surface area contributed by atoms with Crippen LogP contribution in [0.1, 0.15) is 0 Å². The van der Waals surface area contributed by atoms with Crippen molar-refractivity contribution in [3.8, 4) is 44.5 Å². The van der Waals surface area contributed by atoms with E-state index >= 15 is 0 Å². The molecule has 4 aliphatic heterocycles. The van der Waals surface area contributed by atoms with Crippen molar-refractivity contribution in [2.75, 3.05) is 9.80 Å². The quantitative estimate of drug-likeness (QED) is 0.0965. The number of rotatable bonds is 5. The van der Waals surface area contributed by atoms with Gasteiger partial charge in [0, 0.05) is 34.1 Å². The number of fused-ring (bicyclic) bond motifs is 8. The van der Waals surface area contributed by atoms with E-state index in [-0.39, 0.29) is 13.4 Å². The molecule has 0 radical (unpaired) electrons. The Kier molecular flexibility index (Phi) is 7.81. The molecule has 0 spiro atoms. The SMILES string of the molecule is c1ccc(-c2cc(-c3ccccc3)cc(-c3c4cccc5c4c4c6c(cc7ccccc7c36)B3c6ccccc6N(c6ccccc6)c6cc7c(c-4c63)B5c3ccccc3N7c3ccccc3)c2)cc1. The predicted molar refractivity (Wildman–Crippen MR) is 299 cm³/mol. The maximum absolute atomic E-state index is 2.56. The second-order valence-corrected chi connectivity index (χ2v) is 19.4. The summed E-state index contributed by atoms with van der Waals surface area (Å²) in [6, 6.07) is 91.3. The zero-order valence-electron chi connectivity index (χ0n) is 38.1. The third-order valence-corrected chi connectivity index (χ3v) is 15.9. The molecule has 0 aromatic heterocycles. The maximum Gasteiger partial charge on any atom is 0.248 e. The van der Waals surface area contributed by atoms with Crippen LogP contribution in [0.15, 0.2) is 243 Å². The Balaban J connectivity index is 1.14. The Hall–Kier alpha value is -8.85. The van der Waals surface area contributed by atoms with E-state index in [1.807, 2.05) is 0 Å². The normalized spacial score (nSPS) is 13.3. The van der Waals surface area contributed by atoms with Crippen LogP contribution in [-0.4, -0.2) is 13.4 Å². The lowest BCUT2D eigenvalue weighted by Crippen LogP contribution is -2.66. The first-order chi connectivity index (χ1) is 34.8. The first-order valence-corrected chi connectivity index (χ1v) is 24.6. The van der Waals surface area contributed by atoms with Crippen molar-refractivity contribution in [2.24, 2.45) is 0 Å². The largest absolute Gasteiger partial charge is 0.311 e. The van der Waals surface area contributed by atoms with Crippen LogP contribution < -0.4 is 42.6 Å². The Morgan fingerprint density at radius 1 is 0.257 bits per heavy atom. The van der Waals surface area contributed by atoms with Crippen molar-refractivity contribution >= 4 is 113 Å². The molecule has 16 rings (SSSR count). The molecule has 0 saturated carbocycles. The van der Waals surface area contributed by atoms with E-state index in [2.05, 4.69) is 252 Å². The van der Waals surface area contributed by atoms with Gasteiger partial charge in [-0.2, -0.15) is 0 Å². The van der Waals surface area contributed by atoms with Crippen LogP contribution in [-0.2, 0) is 0 Å². The summed E-state index contributed by atoms with van der Waals surface area (Å²) >= 11 is 0. The molecule has 0 saturated heterocycles. The second kappa shape index (κ2) is 14.3. The Labute approximate surface area is 407 Å². The average molecular weight is 883 g/mol. The van der Waals surface area contributed by atoms with Crippen LogP contribution in [0.5, 0.6) is 0 Å². The molecule has 70 heavy (non-hydrogen) atoms. The third kappa shape index (κ3) is 5.09. The summed E-state index contributed by atoms with van der Waals surface area (Å²) in [6.45, 7) is -0.00587. The number of hydrogen-bond acceptors (Lipinski definition) is 2. The van der Waals surface area contributed by atoms with Crippen molar-refractivity contribution in [2.45, 2.75) is 0 Å². The molecule has 4 heterocycles. The number of nitrogens with zero attached hydrogens (tertiary/aromatic N) is 2. The van der Waals surface area contributed by atoms with Gasteiger partial charge in [-0.3, -0.25) is 0 Å². The molecule has 0 bridgehead atoms. The first kappa shape index (κ1) is 38.2. The van der Waals surface area contributed by atoms with E-state index in [1.165, 1.54) is 132 Å². The molecule has 0 aliphatic carbocycles. The molecular weight excluding hydrogens is 842 g/mol. The average Bonchev–Trinajstić information content (AvgIpc) is 3.44. The van der Waals surface area contributed by atoms with Crippen LogP contribution in [0, 0.1) is 0 Å². The van der Waals surface area contributed by atoms with Crippen molar-refractivity contribution in [1.82, 2.24) is 0 Å². The summed E-state index contributed by atoms with van der Waals surface area (Å²) in [5.74, 6) is 0. The van der Waals surface area contributed by atoms with E-state index < -0.39 is 0 Å². The third-order valence-electron chi connectivity index (χ3n) is 15.9. The van der Waals surface area contributed by atoms with E-state index in [9.17, 15) is 0 Å². The molecule has 0 N–H and O–H groups in total. The summed E-state index contributed by atoms with van der Waals surface area (Å²) < 4.78 is 0. The molecule has 320 valence electrons. The topological polar surface area (TPSA) is 6.48 Å². The van der Waals surface area contributed by atoms with Crippen molar-refractivity contribution in [3.05, 3.63) is 243 Å². The van der Waals surface area contributed by atoms with Crippen molar-refractivity contribution in [1.29, 1.82) is 0 Å². The van der Waals surface area contributed by atoms with Gasteiger partial charge in [0.15, 0.2) is 0 Å². The Bertz CT molecular complexity index is 4130. The summed E-state index contributed by atoms with van der Waals surface area (Å²) in [4.78, 5) is 5.12. The molecule has 0 atom stereocenters. The lowest BCUT2D eigenvalue weighted by Gasteiger charge is -2.47. The summed E-state index contributed by atoms with van der Waals surface area (Å²) in [5, 5.41) is 7.93. The fourth-order valence-electron chi connectivity index (χ4n) is 13.3. The van der Waals surface area contributed by atoms with Crippen LogP contribution in [0.3, 0.4) is 0 Å². The van der Waals surface area contributed by atoms with Gasteiger partial charge >= 0.3 is 0 Å². The van der Waals surface area contributed by atoms with Crippen LogP contribution >= 0.6 is 0 Å². The number of hydrogen-bond donors (Lipinski definition) is 0. The molecule has 12 aromatic rings. The minimum atomic E-state index is -0.0137. The van der Waals surface area contributed by atoms with Gasteiger partial charge in [-0.1, -0.05) is 193 Å². The monoisotopic (exact) mass is 882 g/mol. The fourth-order valence-corrected chi connectivity index (χ4v) is 13.3. The zero-order valence-corrected chi connectivity index (χ0v) is 38.1. The lowest BCUT2D eigenvalue weighted by molar-refractivity contribution is 1.26. The number of para-hydroxylation sites is 4. The van der Waals surface area contributed by atoms with Gasteiger partial charge in [0.2, 0.25) is 13.4 Å². The van der Waals surface area contributed by atoms with Crippen LogP contribution in [0.4, 0.5) is 34.1 Å². The molecule has 0 unspecified atom stereocenters. The smallest absolute Gasteiger partial charge is 0.248 e. The van der Waals surface area contributed by atoms with Crippen LogP contribution in [0.25, 0.3) is 76.8 Å². The van der Waals surface area contributed by atoms with Crippen molar-refractivity contribution < 1.29 is 0 Å². The summed E-state index contributed by atoms with van der Waals surface area (Å²) in [6.07, 6.45) is 0. The van der Waals surface area contributed by atoms with Crippen LogP contribution in [0.2, 0.25) is 0 Å². The van der Waals surface area contributed by atoms with Gasteiger partial charge in [-0.25, -0.2) is 0 Å². The number of anilines is 6. The highest BCUT2D eigenvalue weighted by molar-refractivity contribution is 7.05. The lowest BCUT2D eigenvalue weighted by atomic mass is 9.26. The minimum Gasteiger partial charge on any atom is -0.311 e. The number of benzene rings is 12. The summed E-state index contributed by atoms with van der Waals surface area (Å²) in [7, 11) is 0. The van der Waals surface area contributed by atoms with Gasteiger partial charge < -0.3 is 9.80 Å². The van der Waals surface area contributed by atoms with E-state index in [4.69, 9.17) is 0 Å². The molecule has 2 nitrogen and oxygen atoms in total. The Morgan fingerprint density at radius 3 is 1.33 bits per heavy atom. The van der Waals surface area contributed by atoms with Gasteiger partial charge in [0.05, 0.1) is 0 Å².